The first-order valence-corrected chi connectivity index (χ1v) is 7.96. The number of rotatable bonds is 8. The van der Waals surface area contributed by atoms with Gasteiger partial charge in [-0.3, -0.25) is 9.59 Å². The molecule has 27 heavy (non-hydrogen) atoms. The lowest BCUT2D eigenvalue weighted by atomic mass is 10.0. The van der Waals surface area contributed by atoms with E-state index in [1.54, 1.807) is 0 Å². The van der Waals surface area contributed by atoms with E-state index in [-0.39, 0.29) is 23.5 Å². The summed E-state index contributed by atoms with van der Waals surface area (Å²) in [5.41, 5.74) is 0.00767. The van der Waals surface area contributed by atoms with Crippen molar-refractivity contribution in [2.45, 2.75) is 26.0 Å². The summed E-state index contributed by atoms with van der Waals surface area (Å²) < 4.78 is 32.4. The first-order valence-electron chi connectivity index (χ1n) is 7.96. The van der Waals surface area contributed by atoms with Crippen LogP contribution in [-0.2, 0) is 16.2 Å². The fourth-order valence-electron chi connectivity index (χ4n) is 2.31. The third-order valence-electron chi connectivity index (χ3n) is 3.69. The second kappa shape index (κ2) is 8.88. The molecule has 1 atom stereocenters. The van der Waals surface area contributed by atoms with E-state index in [0.717, 1.165) is 19.1 Å². The molecule has 0 bridgehead atoms. The number of nitrogens with one attached hydrogen (secondary N) is 1. The minimum Gasteiger partial charge on any atom is -0.489 e. The highest BCUT2D eigenvalue weighted by molar-refractivity contribution is 5.99. The summed E-state index contributed by atoms with van der Waals surface area (Å²) in [5.74, 6) is -3.52. The van der Waals surface area contributed by atoms with Crippen molar-refractivity contribution in [3.63, 3.8) is 0 Å². The van der Waals surface area contributed by atoms with Crippen LogP contribution >= 0.6 is 0 Å². The van der Waals surface area contributed by atoms with Crippen LogP contribution in [0.25, 0.3) is 0 Å². The number of carboxylic acid groups (broad SMARTS) is 1. The van der Waals surface area contributed by atoms with Gasteiger partial charge in [0.2, 0.25) is 5.91 Å². The number of hydrogen-bond acceptors (Lipinski definition) is 4. The number of benzene rings is 2. The van der Waals surface area contributed by atoms with Gasteiger partial charge in [-0.05, 0) is 36.4 Å². The molecule has 0 aliphatic carbocycles. The van der Waals surface area contributed by atoms with Crippen LogP contribution in [0.5, 0.6) is 5.75 Å². The number of ketones is 1. The van der Waals surface area contributed by atoms with Gasteiger partial charge >= 0.3 is 5.97 Å². The van der Waals surface area contributed by atoms with Gasteiger partial charge < -0.3 is 15.2 Å². The fourth-order valence-corrected chi connectivity index (χ4v) is 2.31. The maximum absolute atomic E-state index is 13.6. The molecule has 0 saturated carbocycles. The molecule has 2 aromatic rings. The summed E-state index contributed by atoms with van der Waals surface area (Å²) in [5, 5.41) is 11.2. The molecule has 1 unspecified atom stereocenters. The third kappa shape index (κ3) is 5.60. The lowest BCUT2D eigenvalue weighted by molar-refractivity contribution is -0.141. The Hall–Kier alpha value is -3.29. The number of halogens is 2. The zero-order valence-electron chi connectivity index (χ0n) is 14.4. The first kappa shape index (κ1) is 20.0. The van der Waals surface area contributed by atoms with Crippen molar-refractivity contribution in [3.05, 3.63) is 65.2 Å². The molecule has 0 aliphatic rings. The SMILES string of the molecule is CC(=O)NC(CC(=O)c1ccc(OCc2c(F)cccc2F)cc1)C(=O)O. The predicted octanol–water partition coefficient (Wildman–Crippen LogP) is 2.71. The highest BCUT2D eigenvalue weighted by Gasteiger charge is 2.22. The molecule has 0 saturated heterocycles. The fraction of sp³-hybridized carbons (Fsp3) is 0.211. The van der Waals surface area contributed by atoms with E-state index in [4.69, 9.17) is 9.84 Å². The Morgan fingerprint density at radius 1 is 1.07 bits per heavy atom. The molecule has 2 N–H and O–H groups in total. The van der Waals surface area contributed by atoms with E-state index in [0.29, 0.717) is 0 Å². The van der Waals surface area contributed by atoms with Crippen molar-refractivity contribution in [2.75, 3.05) is 0 Å². The van der Waals surface area contributed by atoms with Gasteiger partial charge in [0.1, 0.15) is 30.0 Å². The van der Waals surface area contributed by atoms with Crippen LogP contribution in [0.3, 0.4) is 0 Å². The zero-order valence-corrected chi connectivity index (χ0v) is 14.4. The standard InChI is InChI=1S/C19H17F2NO5/c1-11(23)22-17(19(25)26)9-18(24)12-5-7-13(8-6-12)27-10-14-15(20)3-2-4-16(14)21/h2-8,17H,9-10H2,1H3,(H,22,23)(H,25,26). The monoisotopic (exact) mass is 377 g/mol. The quantitative estimate of drug-likeness (QED) is 0.690. The maximum atomic E-state index is 13.6. The minimum absolute atomic E-state index is 0.211. The number of amides is 1. The van der Waals surface area contributed by atoms with Gasteiger partial charge in [0, 0.05) is 18.9 Å². The van der Waals surface area contributed by atoms with Crippen molar-refractivity contribution in [3.8, 4) is 5.75 Å². The molecule has 0 radical (unpaired) electrons. The summed E-state index contributed by atoms with van der Waals surface area (Å²) in [6, 6.07) is 7.84. The minimum atomic E-state index is -1.32. The predicted molar refractivity (Wildman–Crippen MR) is 91.3 cm³/mol. The highest BCUT2D eigenvalue weighted by Crippen LogP contribution is 2.18. The number of aliphatic carboxylic acids is 1. The number of hydrogen-bond donors (Lipinski definition) is 2. The Bertz CT molecular complexity index is 831. The molecule has 8 heteroatoms. The summed E-state index contributed by atoms with van der Waals surface area (Å²) >= 11 is 0. The summed E-state index contributed by atoms with van der Waals surface area (Å²) in [6.07, 6.45) is -0.407. The molecule has 1 amide bonds. The van der Waals surface area contributed by atoms with Gasteiger partial charge in [0.15, 0.2) is 5.78 Å². The summed E-state index contributed by atoms with van der Waals surface area (Å²) in [6.45, 7) is 0.834. The maximum Gasteiger partial charge on any atom is 0.326 e. The van der Waals surface area contributed by atoms with E-state index in [9.17, 15) is 23.2 Å². The molecule has 0 aliphatic heterocycles. The Morgan fingerprint density at radius 2 is 1.67 bits per heavy atom. The summed E-state index contributed by atoms with van der Waals surface area (Å²) in [4.78, 5) is 34.3. The van der Waals surface area contributed by atoms with E-state index in [1.807, 2.05) is 0 Å². The van der Waals surface area contributed by atoms with Crippen LogP contribution in [0.4, 0.5) is 8.78 Å². The van der Waals surface area contributed by atoms with Crippen LogP contribution in [-0.4, -0.2) is 28.8 Å². The Balaban J connectivity index is 2.00. The highest BCUT2D eigenvalue weighted by atomic mass is 19.1. The van der Waals surface area contributed by atoms with Gasteiger partial charge in [-0.2, -0.15) is 0 Å². The molecule has 0 heterocycles. The molecule has 2 rings (SSSR count). The van der Waals surface area contributed by atoms with Gasteiger partial charge in [0.25, 0.3) is 0 Å². The summed E-state index contributed by atoms with van der Waals surface area (Å²) in [7, 11) is 0. The molecule has 0 spiro atoms. The molecular weight excluding hydrogens is 360 g/mol. The first-order chi connectivity index (χ1) is 12.8. The molecule has 6 nitrogen and oxygen atoms in total. The number of carboxylic acids is 1. The Kier molecular flexibility index (Phi) is 6.59. The van der Waals surface area contributed by atoms with Gasteiger partial charge in [-0.25, -0.2) is 13.6 Å². The van der Waals surface area contributed by atoms with Gasteiger partial charge in [-0.1, -0.05) is 6.07 Å². The average Bonchev–Trinajstić information content (AvgIpc) is 2.60. The molecule has 2 aromatic carbocycles. The van der Waals surface area contributed by atoms with Crippen LogP contribution < -0.4 is 10.1 Å². The normalized spacial score (nSPS) is 11.5. The van der Waals surface area contributed by atoms with Crippen molar-refractivity contribution < 1.29 is 33.0 Å². The number of Topliss-reactive ketones (excluding diaryl/α,β-unsaturated/α-hetero) is 1. The Morgan fingerprint density at radius 3 is 2.19 bits per heavy atom. The topological polar surface area (TPSA) is 92.7 Å². The largest absolute Gasteiger partial charge is 0.489 e. The van der Waals surface area contributed by atoms with Crippen molar-refractivity contribution in [1.29, 1.82) is 0 Å². The molecular formula is C19H17F2NO5. The van der Waals surface area contributed by atoms with E-state index in [2.05, 4.69) is 5.32 Å². The smallest absolute Gasteiger partial charge is 0.326 e. The number of ether oxygens (including phenoxy) is 1. The molecule has 0 aromatic heterocycles. The molecule has 0 fully saturated rings. The van der Waals surface area contributed by atoms with E-state index < -0.39 is 41.8 Å². The van der Waals surface area contributed by atoms with Crippen LogP contribution in [0.2, 0.25) is 0 Å². The van der Waals surface area contributed by atoms with Crippen molar-refractivity contribution >= 4 is 17.7 Å². The van der Waals surface area contributed by atoms with Crippen LogP contribution in [0, 0.1) is 11.6 Å². The average molecular weight is 377 g/mol. The molecule has 142 valence electrons. The lowest BCUT2D eigenvalue weighted by Crippen LogP contribution is -2.41. The lowest BCUT2D eigenvalue weighted by Gasteiger charge is -2.12. The number of carbonyl (C=O) groups excluding carboxylic acids is 2. The van der Waals surface area contributed by atoms with Crippen LogP contribution in [0.15, 0.2) is 42.5 Å². The van der Waals surface area contributed by atoms with E-state index >= 15 is 0 Å². The van der Waals surface area contributed by atoms with Gasteiger partial charge in [-0.15, -0.1) is 0 Å². The Labute approximate surface area is 153 Å². The van der Waals surface area contributed by atoms with Crippen molar-refractivity contribution in [1.82, 2.24) is 5.32 Å². The second-order valence-electron chi connectivity index (χ2n) is 5.73. The third-order valence-corrected chi connectivity index (χ3v) is 3.69. The number of carbonyl (C=O) groups is 3. The van der Waals surface area contributed by atoms with E-state index in [1.165, 1.54) is 30.3 Å². The van der Waals surface area contributed by atoms with Crippen molar-refractivity contribution in [2.24, 2.45) is 0 Å². The van der Waals surface area contributed by atoms with Gasteiger partial charge in [0.05, 0.1) is 5.56 Å². The van der Waals surface area contributed by atoms with Crippen LogP contribution in [0.1, 0.15) is 29.3 Å². The second-order valence-corrected chi connectivity index (χ2v) is 5.73. The zero-order chi connectivity index (χ0) is 20.0.